The lowest BCUT2D eigenvalue weighted by atomic mass is 10.2. The van der Waals surface area contributed by atoms with Crippen LogP contribution in [0.3, 0.4) is 0 Å². The standard InChI is InChI=1S/C14H17N5O3/c1-17-12(10(6-15)13(21)18(2)14(17)22)16-8-5-11(20)19(7-8)9-3-4-9/h8-9,16H,3-5,7H2,1-2H3. The first-order valence-electron chi connectivity index (χ1n) is 7.20. The van der Waals surface area contributed by atoms with Crippen molar-refractivity contribution in [1.29, 1.82) is 5.26 Å². The quantitative estimate of drug-likeness (QED) is 0.782. The third-order valence-corrected chi connectivity index (χ3v) is 4.26. The lowest BCUT2D eigenvalue weighted by molar-refractivity contribution is -0.128. The van der Waals surface area contributed by atoms with Gasteiger partial charge in [0.2, 0.25) is 5.91 Å². The molecule has 3 rings (SSSR count). The van der Waals surface area contributed by atoms with Crippen LogP contribution in [0, 0.1) is 11.3 Å². The molecule has 22 heavy (non-hydrogen) atoms. The highest BCUT2D eigenvalue weighted by atomic mass is 16.2. The van der Waals surface area contributed by atoms with E-state index in [-0.39, 0.29) is 23.3 Å². The molecule has 1 aromatic heterocycles. The molecule has 1 N–H and O–H groups in total. The maximum atomic E-state index is 12.0. The van der Waals surface area contributed by atoms with Gasteiger partial charge >= 0.3 is 5.69 Å². The summed E-state index contributed by atoms with van der Waals surface area (Å²) in [5, 5.41) is 12.3. The molecule has 1 atom stereocenters. The second kappa shape index (κ2) is 5.02. The second-order valence-electron chi connectivity index (χ2n) is 5.86. The van der Waals surface area contributed by atoms with Crippen LogP contribution < -0.4 is 16.6 Å². The Bertz CT molecular complexity index is 796. The molecule has 1 saturated heterocycles. The maximum Gasteiger partial charge on any atom is 0.332 e. The first-order chi connectivity index (χ1) is 10.4. The number of anilines is 1. The van der Waals surface area contributed by atoms with Crippen LogP contribution in [0.1, 0.15) is 24.8 Å². The highest BCUT2D eigenvalue weighted by Crippen LogP contribution is 2.31. The Morgan fingerprint density at radius 2 is 1.86 bits per heavy atom. The zero-order valence-corrected chi connectivity index (χ0v) is 12.5. The van der Waals surface area contributed by atoms with E-state index < -0.39 is 11.2 Å². The van der Waals surface area contributed by atoms with E-state index in [4.69, 9.17) is 0 Å². The van der Waals surface area contributed by atoms with E-state index in [2.05, 4.69) is 5.32 Å². The molecule has 1 saturated carbocycles. The van der Waals surface area contributed by atoms with Crippen LogP contribution in [-0.2, 0) is 18.9 Å². The summed E-state index contributed by atoms with van der Waals surface area (Å²) in [7, 11) is 2.84. The third kappa shape index (κ3) is 2.19. The molecule has 2 aliphatic rings. The van der Waals surface area contributed by atoms with Crippen LogP contribution in [0.15, 0.2) is 9.59 Å². The minimum absolute atomic E-state index is 0.0762. The van der Waals surface area contributed by atoms with Gasteiger partial charge in [-0.1, -0.05) is 0 Å². The van der Waals surface area contributed by atoms with Crippen molar-refractivity contribution in [2.45, 2.75) is 31.3 Å². The maximum absolute atomic E-state index is 12.0. The highest BCUT2D eigenvalue weighted by Gasteiger charge is 2.39. The molecule has 0 bridgehead atoms. The fourth-order valence-corrected chi connectivity index (χ4v) is 2.87. The van der Waals surface area contributed by atoms with Crippen LogP contribution in [0.4, 0.5) is 5.82 Å². The van der Waals surface area contributed by atoms with Gasteiger partial charge in [0, 0.05) is 33.1 Å². The van der Waals surface area contributed by atoms with Crippen LogP contribution in [0.2, 0.25) is 0 Å². The summed E-state index contributed by atoms with van der Waals surface area (Å²) in [6, 6.07) is 1.99. The van der Waals surface area contributed by atoms with Gasteiger partial charge in [-0.15, -0.1) is 0 Å². The average Bonchev–Trinajstić information content (AvgIpc) is 3.27. The Hall–Kier alpha value is -2.56. The molecule has 116 valence electrons. The summed E-state index contributed by atoms with van der Waals surface area (Å²) in [6.45, 7) is 0.539. The number of rotatable bonds is 3. The summed E-state index contributed by atoms with van der Waals surface area (Å²) in [6.07, 6.45) is 2.38. The van der Waals surface area contributed by atoms with E-state index >= 15 is 0 Å². The molecule has 1 amide bonds. The predicted octanol–water partition coefficient (Wildman–Crippen LogP) is -0.869. The van der Waals surface area contributed by atoms with Crippen LogP contribution in [0.25, 0.3) is 0 Å². The van der Waals surface area contributed by atoms with E-state index in [0.29, 0.717) is 19.0 Å². The second-order valence-corrected chi connectivity index (χ2v) is 5.86. The van der Waals surface area contributed by atoms with Crippen molar-refractivity contribution in [3.05, 3.63) is 26.4 Å². The molecule has 0 aromatic carbocycles. The molecule has 8 nitrogen and oxygen atoms in total. The van der Waals surface area contributed by atoms with Gasteiger partial charge in [-0.3, -0.25) is 18.7 Å². The summed E-state index contributed by atoms with van der Waals surface area (Å²) in [4.78, 5) is 37.8. The fourth-order valence-electron chi connectivity index (χ4n) is 2.87. The van der Waals surface area contributed by atoms with E-state index in [0.717, 1.165) is 17.4 Å². The first kappa shape index (κ1) is 14.4. The minimum Gasteiger partial charge on any atom is -0.365 e. The predicted molar refractivity (Wildman–Crippen MR) is 78.4 cm³/mol. The third-order valence-electron chi connectivity index (χ3n) is 4.26. The van der Waals surface area contributed by atoms with Gasteiger partial charge in [-0.2, -0.15) is 5.26 Å². The largest absolute Gasteiger partial charge is 0.365 e. The summed E-state index contributed by atoms with van der Waals surface area (Å²) in [5.74, 6) is 0.262. The summed E-state index contributed by atoms with van der Waals surface area (Å²) >= 11 is 0. The number of hydrogen-bond acceptors (Lipinski definition) is 5. The number of nitrogens with zero attached hydrogens (tertiary/aromatic N) is 4. The number of nitriles is 1. The Kier molecular flexibility index (Phi) is 3.28. The van der Waals surface area contributed by atoms with E-state index in [1.54, 1.807) is 0 Å². The highest BCUT2D eigenvalue weighted by molar-refractivity contribution is 5.80. The van der Waals surface area contributed by atoms with Crippen molar-refractivity contribution >= 4 is 11.7 Å². The van der Waals surface area contributed by atoms with Crippen molar-refractivity contribution in [3.8, 4) is 6.07 Å². The van der Waals surface area contributed by atoms with Crippen molar-refractivity contribution < 1.29 is 4.79 Å². The van der Waals surface area contributed by atoms with Gasteiger partial charge in [0.25, 0.3) is 5.56 Å². The average molecular weight is 303 g/mol. The molecule has 1 aliphatic heterocycles. The van der Waals surface area contributed by atoms with E-state index in [1.807, 2.05) is 11.0 Å². The normalized spacial score (nSPS) is 21.0. The zero-order chi connectivity index (χ0) is 16.0. The number of likely N-dealkylation sites (tertiary alicyclic amines) is 1. The number of nitrogens with one attached hydrogen (secondary N) is 1. The number of carbonyl (C=O) groups excluding carboxylic acids is 1. The molecule has 2 fully saturated rings. The van der Waals surface area contributed by atoms with Gasteiger partial charge in [-0.25, -0.2) is 4.79 Å². The molecule has 0 radical (unpaired) electrons. The van der Waals surface area contributed by atoms with E-state index in [1.165, 1.54) is 18.7 Å². The molecule has 8 heteroatoms. The Balaban J connectivity index is 1.93. The van der Waals surface area contributed by atoms with Crippen LogP contribution in [-0.4, -0.2) is 38.6 Å². The Labute approximate surface area is 126 Å². The monoisotopic (exact) mass is 303 g/mol. The lowest BCUT2D eigenvalue weighted by Crippen LogP contribution is -2.41. The van der Waals surface area contributed by atoms with Gasteiger partial charge < -0.3 is 10.2 Å². The fraction of sp³-hybridized carbons (Fsp3) is 0.571. The molecular weight excluding hydrogens is 286 g/mol. The van der Waals surface area contributed by atoms with Crippen molar-refractivity contribution in [1.82, 2.24) is 14.0 Å². The molecular formula is C14H17N5O3. The van der Waals surface area contributed by atoms with Gasteiger partial charge in [0.15, 0.2) is 5.56 Å². The van der Waals surface area contributed by atoms with Crippen LogP contribution >= 0.6 is 0 Å². The van der Waals surface area contributed by atoms with Crippen molar-refractivity contribution in [2.75, 3.05) is 11.9 Å². The SMILES string of the molecule is Cn1c(NC2CC(=O)N(C3CC3)C2)c(C#N)c(=O)n(C)c1=O. The number of hydrogen-bond donors (Lipinski definition) is 1. The number of aromatic nitrogens is 2. The Morgan fingerprint density at radius 1 is 1.18 bits per heavy atom. The van der Waals surface area contributed by atoms with Gasteiger partial charge in [0.05, 0.1) is 6.04 Å². The van der Waals surface area contributed by atoms with Gasteiger partial charge in [-0.05, 0) is 12.8 Å². The molecule has 0 spiro atoms. The van der Waals surface area contributed by atoms with Crippen LogP contribution in [0.5, 0.6) is 0 Å². The van der Waals surface area contributed by atoms with E-state index in [9.17, 15) is 19.6 Å². The molecule has 1 unspecified atom stereocenters. The minimum atomic E-state index is -0.628. The van der Waals surface area contributed by atoms with Gasteiger partial charge in [0.1, 0.15) is 11.9 Å². The summed E-state index contributed by atoms with van der Waals surface area (Å²) in [5.41, 5.74) is -1.24. The molecule has 1 aliphatic carbocycles. The zero-order valence-electron chi connectivity index (χ0n) is 12.5. The van der Waals surface area contributed by atoms with Crippen molar-refractivity contribution in [2.24, 2.45) is 14.1 Å². The topological polar surface area (TPSA) is 100 Å². The van der Waals surface area contributed by atoms with Crippen molar-refractivity contribution in [3.63, 3.8) is 0 Å². The Morgan fingerprint density at radius 3 is 2.45 bits per heavy atom. The first-order valence-corrected chi connectivity index (χ1v) is 7.20. The molecule has 1 aromatic rings. The lowest BCUT2D eigenvalue weighted by Gasteiger charge is -2.19. The smallest absolute Gasteiger partial charge is 0.332 e. The summed E-state index contributed by atoms with van der Waals surface area (Å²) < 4.78 is 2.14. The number of carbonyl (C=O) groups is 1. The molecule has 2 heterocycles. The number of amides is 1.